The Balaban J connectivity index is 1.61. The molecule has 5 nitrogen and oxygen atoms in total. The van der Waals surface area contributed by atoms with Crippen LogP contribution in [0.4, 0.5) is 4.39 Å². The highest BCUT2D eigenvalue weighted by Crippen LogP contribution is 2.17. The zero-order valence-electron chi connectivity index (χ0n) is 12.9. The summed E-state index contributed by atoms with van der Waals surface area (Å²) in [5.74, 6) is 1.00. The van der Waals surface area contributed by atoms with Crippen LogP contribution in [-0.2, 0) is 6.61 Å². The predicted molar refractivity (Wildman–Crippen MR) is 82.8 cm³/mol. The fraction of sp³-hybridized carbons (Fsp3) is 0.353. The molecule has 1 N–H and O–H groups in total. The Morgan fingerprint density at radius 3 is 2.87 bits per heavy atom. The largest absolute Gasteiger partial charge is 0.486 e. The van der Waals surface area contributed by atoms with E-state index in [1.54, 1.807) is 29.2 Å². The maximum absolute atomic E-state index is 12.8. The Labute approximate surface area is 134 Å². The molecule has 6 heteroatoms. The lowest BCUT2D eigenvalue weighted by Crippen LogP contribution is -2.52. The van der Waals surface area contributed by atoms with Crippen LogP contribution in [0.1, 0.15) is 23.2 Å². The number of hydrogen-bond donors (Lipinski definition) is 1. The number of nitrogens with one attached hydrogen (secondary N) is 1. The van der Waals surface area contributed by atoms with Crippen molar-refractivity contribution in [1.29, 1.82) is 0 Å². The zero-order valence-corrected chi connectivity index (χ0v) is 12.9. The minimum absolute atomic E-state index is 0.105. The average molecular weight is 318 g/mol. The Kier molecular flexibility index (Phi) is 4.62. The summed E-state index contributed by atoms with van der Waals surface area (Å²) in [4.78, 5) is 14.3. The Morgan fingerprint density at radius 1 is 1.35 bits per heavy atom. The van der Waals surface area contributed by atoms with E-state index in [2.05, 4.69) is 5.32 Å². The van der Waals surface area contributed by atoms with Crippen LogP contribution in [0, 0.1) is 5.82 Å². The lowest BCUT2D eigenvalue weighted by Gasteiger charge is -2.33. The molecule has 1 fully saturated rings. The van der Waals surface area contributed by atoms with E-state index >= 15 is 0 Å². The van der Waals surface area contributed by atoms with Gasteiger partial charge < -0.3 is 19.4 Å². The predicted octanol–water partition coefficient (Wildman–Crippen LogP) is 2.43. The van der Waals surface area contributed by atoms with E-state index in [1.165, 1.54) is 12.1 Å². The number of nitrogens with zero attached hydrogens (tertiary/aromatic N) is 1. The van der Waals surface area contributed by atoms with Gasteiger partial charge in [-0.1, -0.05) is 0 Å². The van der Waals surface area contributed by atoms with Gasteiger partial charge in [-0.05, 0) is 43.3 Å². The van der Waals surface area contributed by atoms with Gasteiger partial charge >= 0.3 is 0 Å². The highest BCUT2D eigenvalue weighted by molar-refractivity contribution is 5.91. The molecule has 23 heavy (non-hydrogen) atoms. The van der Waals surface area contributed by atoms with Crippen LogP contribution in [0.3, 0.4) is 0 Å². The fourth-order valence-electron chi connectivity index (χ4n) is 2.54. The van der Waals surface area contributed by atoms with Gasteiger partial charge in [0.05, 0.1) is 0 Å². The molecule has 3 rings (SSSR count). The molecule has 1 aliphatic rings. The first kappa shape index (κ1) is 15.6. The van der Waals surface area contributed by atoms with Gasteiger partial charge in [0.25, 0.3) is 5.91 Å². The zero-order chi connectivity index (χ0) is 16.2. The summed E-state index contributed by atoms with van der Waals surface area (Å²) in [7, 11) is 0. The van der Waals surface area contributed by atoms with Crippen molar-refractivity contribution in [2.45, 2.75) is 19.6 Å². The number of carbonyl (C=O) groups is 1. The maximum Gasteiger partial charge on any atom is 0.289 e. The minimum Gasteiger partial charge on any atom is -0.486 e. The van der Waals surface area contributed by atoms with Gasteiger partial charge in [-0.3, -0.25) is 4.79 Å². The third kappa shape index (κ3) is 3.71. The normalized spacial score (nSPS) is 18.0. The molecule has 1 atom stereocenters. The summed E-state index contributed by atoms with van der Waals surface area (Å²) >= 11 is 0. The first-order valence-electron chi connectivity index (χ1n) is 7.62. The first-order chi connectivity index (χ1) is 11.1. The van der Waals surface area contributed by atoms with Gasteiger partial charge in [-0.15, -0.1) is 0 Å². The van der Waals surface area contributed by atoms with Crippen molar-refractivity contribution in [3.05, 3.63) is 53.7 Å². The number of halogens is 1. The maximum atomic E-state index is 12.8. The van der Waals surface area contributed by atoms with Crippen LogP contribution in [-0.4, -0.2) is 36.5 Å². The molecule has 2 aromatic rings. The van der Waals surface area contributed by atoms with Crippen molar-refractivity contribution < 1.29 is 18.3 Å². The van der Waals surface area contributed by atoms with Gasteiger partial charge in [0.1, 0.15) is 23.9 Å². The third-order valence-corrected chi connectivity index (χ3v) is 3.83. The summed E-state index contributed by atoms with van der Waals surface area (Å²) < 4.78 is 23.9. The summed E-state index contributed by atoms with van der Waals surface area (Å²) in [6, 6.07) is 9.29. The number of piperazine rings is 1. The lowest BCUT2D eigenvalue weighted by atomic mass is 10.2. The second kappa shape index (κ2) is 6.83. The third-order valence-electron chi connectivity index (χ3n) is 3.83. The minimum atomic E-state index is -0.312. The summed E-state index contributed by atoms with van der Waals surface area (Å²) in [6.45, 7) is 4.44. The van der Waals surface area contributed by atoms with E-state index in [0.29, 0.717) is 23.8 Å². The molecule has 1 saturated heterocycles. The van der Waals surface area contributed by atoms with Crippen molar-refractivity contribution in [2.75, 3.05) is 19.6 Å². The molecule has 2 heterocycles. The fourth-order valence-corrected chi connectivity index (χ4v) is 2.54. The number of benzene rings is 1. The van der Waals surface area contributed by atoms with E-state index in [1.807, 2.05) is 6.92 Å². The molecule has 122 valence electrons. The van der Waals surface area contributed by atoms with Gasteiger partial charge in [-0.25, -0.2) is 4.39 Å². The molecular weight excluding hydrogens is 299 g/mol. The molecule has 0 saturated carbocycles. The van der Waals surface area contributed by atoms with E-state index in [0.717, 1.165) is 13.1 Å². The van der Waals surface area contributed by atoms with Gasteiger partial charge in [-0.2, -0.15) is 0 Å². The van der Waals surface area contributed by atoms with Gasteiger partial charge in [0, 0.05) is 25.7 Å². The summed E-state index contributed by atoms with van der Waals surface area (Å²) in [6.07, 6.45) is 0. The number of rotatable bonds is 4. The average Bonchev–Trinajstić information content (AvgIpc) is 3.03. The number of ether oxygens (including phenoxy) is 1. The standard InChI is InChI=1S/C17H19FN2O3/c1-12-10-19-8-9-20(12)17(21)16-7-6-15(23-16)11-22-14-4-2-13(18)3-5-14/h2-7,12,19H,8-11H2,1H3/t12-/m0/s1. The second-order valence-electron chi connectivity index (χ2n) is 5.56. The molecular formula is C17H19FN2O3. The lowest BCUT2D eigenvalue weighted by molar-refractivity contribution is 0.0619. The molecule has 0 bridgehead atoms. The molecule has 1 amide bonds. The Morgan fingerprint density at radius 2 is 2.13 bits per heavy atom. The topological polar surface area (TPSA) is 54.7 Å². The Bertz CT molecular complexity index is 669. The highest BCUT2D eigenvalue weighted by Gasteiger charge is 2.26. The van der Waals surface area contributed by atoms with Crippen molar-refractivity contribution in [2.24, 2.45) is 0 Å². The monoisotopic (exact) mass is 318 g/mol. The van der Waals surface area contributed by atoms with Crippen molar-refractivity contribution >= 4 is 5.91 Å². The summed E-state index contributed by atoms with van der Waals surface area (Å²) in [5, 5.41) is 3.25. The molecule has 1 aromatic carbocycles. The van der Waals surface area contributed by atoms with Crippen LogP contribution in [0.15, 0.2) is 40.8 Å². The number of furan rings is 1. The molecule has 0 aliphatic carbocycles. The number of amides is 1. The molecule has 0 radical (unpaired) electrons. The van der Waals surface area contributed by atoms with Crippen molar-refractivity contribution in [3.8, 4) is 5.75 Å². The second-order valence-corrected chi connectivity index (χ2v) is 5.56. The molecule has 1 aromatic heterocycles. The van der Waals surface area contributed by atoms with Crippen LogP contribution in [0.2, 0.25) is 0 Å². The smallest absolute Gasteiger partial charge is 0.289 e. The van der Waals surface area contributed by atoms with Gasteiger partial charge in [0.2, 0.25) is 0 Å². The molecule has 0 unspecified atom stereocenters. The highest BCUT2D eigenvalue weighted by atomic mass is 19.1. The molecule has 0 spiro atoms. The van der Waals surface area contributed by atoms with Crippen LogP contribution in [0.5, 0.6) is 5.75 Å². The molecule has 1 aliphatic heterocycles. The van der Waals surface area contributed by atoms with E-state index < -0.39 is 0 Å². The SMILES string of the molecule is C[C@H]1CNCCN1C(=O)c1ccc(COc2ccc(F)cc2)o1. The van der Waals surface area contributed by atoms with Crippen molar-refractivity contribution in [1.82, 2.24) is 10.2 Å². The van der Waals surface area contributed by atoms with Crippen LogP contribution >= 0.6 is 0 Å². The number of hydrogen-bond acceptors (Lipinski definition) is 4. The van der Waals surface area contributed by atoms with E-state index in [-0.39, 0.29) is 24.4 Å². The first-order valence-corrected chi connectivity index (χ1v) is 7.62. The quantitative estimate of drug-likeness (QED) is 0.941. The van der Waals surface area contributed by atoms with E-state index in [4.69, 9.17) is 9.15 Å². The van der Waals surface area contributed by atoms with Crippen molar-refractivity contribution in [3.63, 3.8) is 0 Å². The van der Waals surface area contributed by atoms with E-state index in [9.17, 15) is 9.18 Å². The van der Waals surface area contributed by atoms with Gasteiger partial charge in [0.15, 0.2) is 5.76 Å². The summed E-state index contributed by atoms with van der Waals surface area (Å²) in [5.41, 5.74) is 0. The van der Waals surface area contributed by atoms with Crippen LogP contribution in [0.25, 0.3) is 0 Å². The Hall–Kier alpha value is -2.34. The van der Waals surface area contributed by atoms with Crippen LogP contribution < -0.4 is 10.1 Å². The number of carbonyl (C=O) groups excluding carboxylic acids is 1.